The minimum atomic E-state index is 0.730. The molecule has 4 aromatic rings. The van der Waals surface area contributed by atoms with Gasteiger partial charge in [0.1, 0.15) is 11.6 Å². The zero-order valence-electron chi connectivity index (χ0n) is 14.1. The smallest absolute Gasteiger partial charge is 0.160 e. The Morgan fingerprint density at radius 3 is 2.64 bits per heavy atom. The number of anilines is 2. The van der Waals surface area contributed by atoms with Crippen LogP contribution in [0.3, 0.4) is 0 Å². The maximum absolute atomic E-state index is 4.66. The van der Waals surface area contributed by atoms with Gasteiger partial charge >= 0.3 is 0 Å². The third kappa shape index (κ3) is 2.67. The van der Waals surface area contributed by atoms with Crippen molar-refractivity contribution in [1.29, 1.82) is 0 Å². The van der Waals surface area contributed by atoms with E-state index in [0.29, 0.717) is 0 Å². The normalized spacial score (nSPS) is 11.0. The summed E-state index contributed by atoms with van der Waals surface area (Å²) in [5.41, 5.74) is 3.79. The fourth-order valence-corrected chi connectivity index (χ4v) is 2.84. The molecule has 0 bridgehead atoms. The highest BCUT2D eigenvalue weighted by molar-refractivity contribution is 5.87. The number of aryl methyl sites for hydroxylation is 2. The van der Waals surface area contributed by atoms with Gasteiger partial charge in [-0.05, 0) is 11.6 Å². The first-order chi connectivity index (χ1) is 12.2. The molecule has 0 spiro atoms. The van der Waals surface area contributed by atoms with E-state index in [1.54, 1.807) is 10.9 Å². The largest absolute Gasteiger partial charge is 0.325 e. The zero-order chi connectivity index (χ0) is 17.4. The number of rotatable bonds is 4. The van der Waals surface area contributed by atoms with Crippen molar-refractivity contribution >= 4 is 28.7 Å². The van der Waals surface area contributed by atoms with Crippen molar-refractivity contribution in [2.45, 2.75) is 0 Å². The molecule has 1 aromatic carbocycles. The van der Waals surface area contributed by atoms with E-state index in [1.807, 2.05) is 67.3 Å². The third-order valence-corrected chi connectivity index (χ3v) is 4.16. The van der Waals surface area contributed by atoms with Crippen molar-refractivity contribution in [3.05, 3.63) is 60.8 Å². The van der Waals surface area contributed by atoms with Gasteiger partial charge in [0.25, 0.3) is 0 Å². The van der Waals surface area contributed by atoms with Gasteiger partial charge in [-0.2, -0.15) is 10.2 Å². The third-order valence-electron chi connectivity index (χ3n) is 4.16. The summed E-state index contributed by atoms with van der Waals surface area (Å²) in [6.45, 7) is 3.89. The van der Waals surface area contributed by atoms with E-state index in [2.05, 4.69) is 27.1 Å². The molecule has 0 aliphatic heterocycles. The van der Waals surface area contributed by atoms with Crippen LogP contribution in [-0.4, -0.2) is 24.5 Å². The molecule has 0 aliphatic rings. The number of benzene rings is 1. The summed E-state index contributed by atoms with van der Waals surface area (Å²) in [5.74, 6) is 1.59. The Labute approximate surface area is 145 Å². The van der Waals surface area contributed by atoms with Gasteiger partial charge in [0.2, 0.25) is 0 Å². The highest BCUT2D eigenvalue weighted by Crippen LogP contribution is 2.26. The fraction of sp³-hybridized carbons (Fsp3) is 0.105. The van der Waals surface area contributed by atoms with Gasteiger partial charge in [0, 0.05) is 31.1 Å². The molecule has 0 aliphatic carbocycles. The van der Waals surface area contributed by atoms with E-state index in [0.717, 1.165) is 39.5 Å². The predicted octanol–water partition coefficient (Wildman–Crippen LogP) is 3.76. The Morgan fingerprint density at radius 2 is 1.88 bits per heavy atom. The molecule has 124 valence electrons. The van der Waals surface area contributed by atoms with Crippen LogP contribution in [0.25, 0.3) is 28.4 Å². The van der Waals surface area contributed by atoms with E-state index in [1.165, 1.54) is 0 Å². The SMILES string of the molecule is C=Cc1cc(Nc2cc(-c3ccccc3)nn2C)nc2c1cnn2C. The van der Waals surface area contributed by atoms with Crippen molar-refractivity contribution < 1.29 is 0 Å². The quantitative estimate of drug-likeness (QED) is 0.619. The van der Waals surface area contributed by atoms with Crippen molar-refractivity contribution in [2.75, 3.05) is 5.32 Å². The molecule has 0 saturated heterocycles. The molecule has 0 atom stereocenters. The van der Waals surface area contributed by atoms with Crippen molar-refractivity contribution in [3.8, 4) is 11.3 Å². The number of fused-ring (bicyclic) bond motifs is 1. The average Bonchev–Trinajstić information content (AvgIpc) is 3.19. The molecule has 6 heteroatoms. The van der Waals surface area contributed by atoms with Crippen LogP contribution in [-0.2, 0) is 14.1 Å². The Morgan fingerprint density at radius 1 is 1.08 bits per heavy atom. The maximum atomic E-state index is 4.66. The maximum Gasteiger partial charge on any atom is 0.160 e. The average molecular weight is 330 g/mol. The summed E-state index contributed by atoms with van der Waals surface area (Å²) in [6, 6.07) is 14.1. The molecular weight excluding hydrogens is 312 g/mol. The summed E-state index contributed by atoms with van der Waals surface area (Å²) in [4.78, 5) is 4.66. The Kier molecular flexibility index (Phi) is 3.57. The Bertz CT molecular complexity index is 1060. The van der Waals surface area contributed by atoms with Crippen molar-refractivity contribution in [2.24, 2.45) is 14.1 Å². The first-order valence-corrected chi connectivity index (χ1v) is 7.97. The van der Waals surface area contributed by atoms with Gasteiger partial charge < -0.3 is 5.32 Å². The molecule has 0 unspecified atom stereocenters. The Balaban J connectivity index is 1.73. The Hall–Kier alpha value is -3.41. The number of hydrogen-bond acceptors (Lipinski definition) is 4. The van der Waals surface area contributed by atoms with Crippen LogP contribution in [0.2, 0.25) is 0 Å². The van der Waals surface area contributed by atoms with Gasteiger partial charge in [-0.3, -0.25) is 9.36 Å². The lowest BCUT2D eigenvalue weighted by Crippen LogP contribution is -2.02. The number of aromatic nitrogens is 5. The summed E-state index contributed by atoms with van der Waals surface area (Å²) in [5, 5.41) is 13.2. The molecule has 0 radical (unpaired) electrons. The van der Waals surface area contributed by atoms with Gasteiger partial charge in [0.05, 0.1) is 11.9 Å². The van der Waals surface area contributed by atoms with Crippen LogP contribution in [0, 0.1) is 0 Å². The number of nitrogens with zero attached hydrogens (tertiary/aromatic N) is 5. The molecule has 4 rings (SSSR count). The number of hydrogen-bond donors (Lipinski definition) is 1. The zero-order valence-corrected chi connectivity index (χ0v) is 14.1. The second kappa shape index (κ2) is 5.90. The lowest BCUT2D eigenvalue weighted by atomic mass is 10.1. The van der Waals surface area contributed by atoms with Gasteiger partial charge in [0.15, 0.2) is 5.65 Å². The minimum Gasteiger partial charge on any atom is -0.325 e. The minimum absolute atomic E-state index is 0.730. The predicted molar refractivity (Wildman–Crippen MR) is 101 cm³/mol. The molecule has 0 saturated carbocycles. The second-order valence-electron chi connectivity index (χ2n) is 5.84. The number of pyridine rings is 1. The molecule has 3 heterocycles. The first-order valence-electron chi connectivity index (χ1n) is 7.97. The summed E-state index contributed by atoms with van der Waals surface area (Å²) in [6.07, 6.45) is 3.62. The van der Waals surface area contributed by atoms with Crippen LogP contribution in [0.4, 0.5) is 11.6 Å². The topological polar surface area (TPSA) is 60.6 Å². The molecule has 0 fully saturated rings. The van der Waals surface area contributed by atoms with Gasteiger partial charge in [-0.15, -0.1) is 0 Å². The lowest BCUT2D eigenvalue weighted by Gasteiger charge is -2.07. The van der Waals surface area contributed by atoms with Gasteiger partial charge in [-0.25, -0.2) is 4.98 Å². The van der Waals surface area contributed by atoms with Crippen LogP contribution in [0.5, 0.6) is 0 Å². The first kappa shape index (κ1) is 15.1. The van der Waals surface area contributed by atoms with Crippen LogP contribution >= 0.6 is 0 Å². The molecule has 1 N–H and O–H groups in total. The highest BCUT2D eigenvalue weighted by Gasteiger charge is 2.11. The molecule has 6 nitrogen and oxygen atoms in total. The van der Waals surface area contributed by atoms with E-state index in [4.69, 9.17) is 0 Å². The highest BCUT2D eigenvalue weighted by atomic mass is 15.3. The van der Waals surface area contributed by atoms with Crippen LogP contribution in [0.1, 0.15) is 5.56 Å². The molecular formula is C19H18N6. The van der Waals surface area contributed by atoms with E-state index in [-0.39, 0.29) is 0 Å². The molecule has 25 heavy (non-hydrogen) atoms. The molecule has 0 amide bonds. The summed E-state index contributed by atoms with van der Waals surface area (Å²) < 4.78 is 3.57. The second-order valence-corrected chi connectivity index (χ2v) is 5.84. The van der Waals surface area contributed by atoms with E-state index in [9.17, 15) is 0 Å². The fourth-order valence-electron chi connectivity index (χ4n) is 2.84. The lowest BCUT2D eigenvalue weighted by molar-refractivity contribution is 0.777. The summed E-state index contributed by atoms with van der Waals surface area (Å²) >= 11 is 0. The van der Waals surface area contributed by atoms with Crippen molar-refractivity contribution in [1.82, 2.24) is 24.5 Å². The number of nitrogens with one attached hydrogen (secondary N) is 1. The van der Waals surface area contributed by atoms with Gasteiger partial charge in [-0.1, -0.05) is 43.0 Å². The molecule has 3 aromatic heterocycles. The van der Waals surface area contributed by atoms with Crippen LogP contribution < -0.4 is 5.32 Å². The van der Waals surface area contributed by atoms with E-state index < -0.39 is 0 Å². The van der Waals surface area contributed by atoms with Crippen molar-refractivity contribution in [3.63, 3.8) is 0 Å². The monoisotopic (exact) mass is 330 g/mol. The van der Waals surface area contributed by atoms with Crippen LogP contribution in [0.15, 0.2) is 55.2 Å². The summed E-state index contributed by atoms with van der Waals surface area (Å²) in [7, 11) is 3.79. The van der Waals surface area contributed by atoms with E-state index >= 15 is 0 Å². The standard InChI is InChI=1S/C19H18N6/c1-4-13-10-17(22-19-15(13)12-20-25(19)3)21-18-11-16(23-24(18)2)14-8-6-5-7-9-14/h4-12H,1H2,2-3H3,(H,21,22).